The molecule has 78 valence electrons. The first-order valence-corrected chi connectivity index (χ1v) is 4.56. The smallest absolute Gasteiger partial charge is 0.127 e. The van der Waals surface area contributed by atoms with Crippen LogP contribution in [0, 0.1) is 0 Å². The molecule has 1 rings (SSSR count). The van der Waals surface area contributed by atoms with Crippen LogP contribution in [-0.4, -0.2) is 15.3 Å². The van der Waals surface area contributed by atoms with Gasteiger partial charge in [0.25, 0.3) is 0 Å². The molecule has 5 N–H and O–H groups in total. The van der Waals surface area contributed by atoms with E-state index in [4.69, 9.17) is 10.8 Å². The van der Waals surface area contributed by atoms with Gasteiger partial charge in [-0.05, 0) is 6.42 Å². The van der Waals surface area contributed by atoms with Gasteiger partial charge >= 0.3 is 0 Å². The quantitative estimate of drug-likeness (QED) is 0.592. The highest BCUT2D eigenvalue weighted by Crippen LogP contribution is 2.36. The van der Waals surface area contributed by atoms with Crippen molar-refractivity contribution in [2.75, 3.05) is 0 Å². The third-order valence-corrected chi connectivity index (χ3v) is 2.09. The SMILES string of the molecule is CCC[C@@H](N)c1c(O)cc(O)cc1O. The lowest BCUT2D eigenvalue weighted by Crippen LogP contribution is -2.10. The van der Waals surface area contributed by atoms with E-state index in [0.717, 1.165) is 6.42 Å². The Bertz CT molecular complexity index is 302. The van der Waals surface area contributed by atoms with Crippen LogP contribution in [-0.2, 0) is 0 Å². The standard InChI is InChI=1S/C10H15NO3/c1-2-3-7(11)10-8(13)4-6(12)5-9(10)14/h4-5,7,12-14H,2-3,11H2,1H3/t7-/m1/s1. The van der Waals surface area contributed by atoms with Crippen molar-refractivity contribution in [3.05, 3.63) is 17.7 Å². The fraction of sp³-hybridized carbons (Fsp3) is 0.400. The van der Waals surface area contributed by atoms with Crippen LogP contribution in [0.15, 0.2) is 12.1 Å². The predicted molar refractivity (Wildman–Crippen MR) is 53.3 cm³/mol. The molecule has 0 aliphatic heterocycles. The highest BCUT2D eigenvalue weighted by molar-refractivity contribution is 5.50. The first kappa shape index (κ1) is 10.7. The zero-order valence-electron chi connectivity index (χ0n) is 8.07. The van der Waals surface area contributed by atoms with Gasteiger partial charge in [-0.1, -0.05) is 13.3 Å². The van der Waals surface area contributed by atoms with Crippen molar-refractivity contribution >= 4 is 0 Å². The number of nitrogens with two attached hydrogens (primary N) is 1. The minimum atomic E-state index is -0.402. The lowest BCUT2D eigenvalue weighted by atomic mass is 10.0. The Kier molecular flexibility index (Phi) is 3.19. The lowest BCUT2D eigenvalue weighted by molar-refractivity contribution is 0.409. The van der Waals surface area contributed by atoms with Gasteiger partial charge < -0.3 is 21.1 Å². The van der Waals surface area contributed by atoms with Gasteiger partial charge in [-0.25, -0.2) is 0 Å². The third kappa shape index (κ3) is 2.09. The number of aromatic hydroxyl groups is 3. The molecule has 14 heavy (non-hydrogen) atoms. The summed E-state index contributed by atoms with van der Waals surface area (Å²) in [5.74, 6) is -0.501. The molecule has 0 fully saturated rings. The predicted octanol–water partition coefficient (Wildman–Crippen LogP) is 1.60. The summed E-state index contributed by atoms with van der Waals surface area (Å²) in [7, 11) is 0. The average Bonchev–Trinajstić information content (AvgIpc) is 2.01. The number of benzene rings is 1. The van der Waals surface area contributed by atoms with Crippen LogP contribution in [0.25, 0.3) is 0 Å². The molecule has 0 aliphatic carbocycles. The Balaban J connectivity index is 3.07. The molecule has 1 aromatic rings. The van der Waals surface area contributed by atoms with Gasteiger partial charge in [-0.3, -0.25) is 0 Å². The molecule has 0 saturated heterocycles. The number of phenolic OH excluding ortho intramolecular Hbond substituents is 3. The lowest BCUT2D eigenvalue weighted by Gasteiger charge is -2.14. The maximum Gasteiger partial charge on any atom is 0.127 e. The second-order valence-corrected chi connectivity index (χ2v) is 3.29. The molecule has 0 unspecified atom stereocenters. The van der Waals surface area contributed by atoms with Crippen LogP contribution in [0.2, 0.25) is 0 Å². The van der Waals surface area contributed by atoms with E-state index in [1.54, 1.807) is 0 Å². The van der Waals surface area contributed by atoms with Gasteiger partial charge in [0.05, 0.1) is 5.56 Å². The van der Waals surface area contributed by atoms with Crippen LogP contribution in [0.5, 0.6) is 17.2 Å². The summed E-state index contributed by atoms with van der Waals surface area (Å²) in [5, 5.41) is 28.0. The molecular weight excluding hydrogens is 182 g/mol. The van der Waals surface area contributed by atoms with Crippen molar-refractivity contribution in [3.8, 4) is 17.2 Å². The Morgan fingerprint density at radius 3 is 2.14 bits per heavy atom. The molecule has 4 heteroatoms. The molecule has 0 radical (unpaired) electrons. The summed E-state index contributed by atoms with van der Waals surface area (Å²) in [6.07, 6.45) is 1.53. The van der Waals surface area contributed by atoms with E-state index in [1.165, 1.54) is 12.1 Å². The van der Waals surface area contributed by atoms with E-state index < -0.39 is 6.04 Å². The Morgan fingerprint density at radius 1 is 1.21 bits per heavy atom. The van der Waals surface area contributed by atoms with Crippen LogP contribution in [0.1, 0.15) is 31.4 Å². The Labute approximate surface area is 82.6 Å². The second kappa shape index (κ2) is 4.19. The molecule has 0 aromatic heterocycles. The maximum absolute atomic E-state index is 9.47. The number of hydrogen-bond acceptors (Lipinski definition) is 4. The zero-order valence-corrected chi connectivity index (χ0v) is 8.07. The molecule has 0 spiro atoms. The van der Waals surface area contributed by atoms with E-state index in [9.17, 15) is 10.2 Å². The van der Waals surface area contributed by atoms with Crippen molar-refractivity contribution in [1.82, 2.24) is 0 Å². The number of hydrogen-bond donors (Lipinski definition) is 4. The van der Waals surface area contributed by atoms with E-state index in [-0.39, 0.29) is 17.2 Å². The summed E-state index contributed by atoms with van der Waals surface area (Å²) >= 11 is 0. The van der Waals surface area contributed by atoms with Crippen molar-refractivity contribution in [3.63, 3.8) is 0 Å². The van der Waals surface area contributed by atoms with E-state index in [1.807, 2.05) is 6.92 Å². The van der Waals surface area contributed by atoms with Crippen LogP contribution in [0.4, 0.5) is 0 Å². The van der Waals surface area contributed by atoms with E-state index in [2.05, 4.69) is 0 Å². The van der Waals surface area contributed by atoms with Crippen molar-refractivity contribution in [1.29, 1.82) is 0 Å². The largest absolute Gasteiger partial charge is 0.508 e. The summed E-state index contributed by atoms with van der Waals surface area (Å²) in [4.78, 5) is 0. The Hall–Kier alpha value is -1.42. The highest BCUT2D eigenvalue weighted by Gasteiger charge is 2.16. The second-order valence-electron chi connectivity index (χ2n) is 3.29. The van der Waals surface area contributed by atoms with Gasteiger partial charge in [0, 0.05) is 18.2 Å². The maximum atomic E-state index is 9.47. The van der Waals surface area contributed by atoms with Gasteiger partial charge in [0.2, 0.25) is 0 Å². The fourth-order valence-electron chi connectivity index (χ4n) is 1.44. The highest BCUT2D eigenvalue weighted by atomic mass is 16.3. The summed E-state index contributed by atoms with van der Waals surface area (Å²) in [6.45, 7) is 1.97. The number of phenols is 3. The molecule has 0 amide bonds. The summed E-state index contributed by atoms with van der Waals surface area (Å²) < 4.78 is 0. The minimum Gasteiger partial charge on any atom is -0.508 e. The van der Waals surface area contributed by atoms with E-state index in [0.29, 0.717) is 12.0 Å². The molecule has 0 aliphatic rings. The molecule has 1 atom stereocenters. The minimum absolute atomic E-state index is 0.163. The molecule has 1 aromatic carbocycles. The Morgan fingerprint density at radius 2 is 1.71 bits per heavy atom. The van der Waals surface area contributed by atoms with Crippen molar-refractivity contribution in [2.24, 2.45) is 5.73 Å². The first-order chi connectivity index (χ1) is 6.56. The monoisotopic (exact) mass is 197 g/mol. The van der Waals surface area contributed by atoms with E-state index >= 15 is 0 Å². The first-order valence-electron chi connectivity index (χ1n) is 4.56. The normalized spacial score (nSPS) is 12.7. The van der Waals surface area contributed by atoms with Gasteiger partial charge in [-0.2, -0.15) is 0 Å². The van der Waals surface area contributed by atoms with Crippen LogP contribution < -0.4 is 5.73 Å². The molecule has 4 nitrogen and oxygen atoms in total. The third-order valence-electron chi connectivity index (χ3n) is 2.09. The molecule has 0 heterocycles. The fourth-order valence-corrected chi connectivity index (χ4v) is 1.44. The van der Waals surface area contributed by atoms with Crippen LogP contribution >= 0.6 is 0 Å². The van der Waals surface area contributed by atoms with Gasteiger partial charge in [-0.15, -0.1) is 0 Å². The topological polar surface area (TPSA) is 86.7 Å². The average molecular weight is 197 g/mol. The number of rotatable bonds is 3. The van der Waals surface area contributed by atoms with Crippen LogP contribution in [0.3, 0.4) is 0 Å². The van der Waals surface area contributed by atoms with Crippen molar-refractivity contribution in [2.45, 2.75) is 25.8 Å². The zero-order chi connectivity index (χ0) is 10.7. The summed E-state index contributed by atoms with van der Waals surface area (Å²) in [5.41, 5.74) is 6.05. The molecule has 0 saturated carbocycles. The molecule has 0 bridgehead atoms. The van der Waals surface area contributed by atoms with Gasteiger partial charge in [0.15, 0.2) is 0 Å². The molecular formula is C10H15NO3. The summed E-state index contributed by atoms with van der Waals surface area (Å²) in [6, 6.07) is 1.94. The van der Waals surface area contributed by atoms with Crippen molar-refractivity contribution < 1.29 is 15.3 Å². The van der Waals surface area contributed by atoms with Gasteiger partial charge in [0.1, 0.15) is 17.2 Å².